The number of benzene rings is 1. The SMILES string of the molecule is Cc1cc(C)c(NC(=O)CN(C)CC(=O)NC2CC2)c(Cl)c1. The van der Waals surface area contributed by atoms with Crippen molar-refractivity contribution >= 4 is 29.1 Å². The lowest BCUT2D eigenvalue weighted by molar-refractivity contribution is -0.123. The van der Waals surface area contributed by atoms with E-state index >= 15 is 0 Å². The summed E-state index contributed by atoms with van der Waals surface area (Å²) in [4.78, 5) is 25.5. The summed E-state index contributed by atoms with van der Waals surface area (Å²) in [5.41, 5.74) is 2.61. The maximum absolute atomic E-state index is 12.1. The number of hydrogen-bond donors (Lipinski definition) is 2. The summed E-state index contributed by atoms with van der Waals surface area (Å²) in [5, 5.41) is 6.25. The van der Waals surface area contributed by atoms with Crippen molar-refractivity contribution < 1.29 is 9.59 Å². The second kappa shape index (κ2) is 7.11. The first-order valence-corrected chi connectivity index (χ1v) is 7.77. The summed E-state index contributed by atoms with van der Waals surface area (Å²) in [6.45, 7) is 4.21. The molecule has 22 heavy (non-hydrogen) atoms. The van der Waals surface area contributed by atoms with Crippen LogP contribution in [0.25, 0.3) is 0 Å². The van der Waals surface area contributed by atoms with E-state index in [4.69, 9.17) is 11.6 Å². The van der Waals surface area contributed by atoms with Crippen LogP contribution < -0.4 is 10.6 Å². The van der Waals surface area contributed by atoms with Gasteiger partial charge in [0.15, 0.2) is 0 Å². The Morgan fingerprint density at radius 2 is 1.86 bits per heavy atom. The number of rotatable bonds is 6. The van der Waals surface area contributed by atoms with Crippen LogP contribution >= 0.6 is 11.6 Å². The summed E-state index contributed by atoms with van der Waals surface area (Å²) in [6.07, 6.45) is 2.11. The number of carbonyl (C=O) groups excluding carboxylic acids is 2. The predicted molar refractivity (Wildman–Crippen MR) is 88.2 cm³/mol. The van der Waals surface area contributed by atoms with Gasteiger partial charge in [-0.3, -0.25) is 14.5 Å². The molecular weight excluding hydrogens is 302 g/mol. The molecule has 0 heterocycles. The summed E-state index contributed by atoms with van der Waals surface area (Å²) in [7, 11) is 1.75. The fraction of sp³-hybridized carbons (Fsp3) is 0.500. The molecule has 5 nitrogen and oxygen atoms in total. The molecule has 0 bridgehead atoms. The molecule has 0 atom stereocenters. The van der Waals surface area contributed by atoms with Gasteiger partial charge in [0, 0.05) is 6.04 Å². The Labute approximate surface area is 136 Å². The monoisotopic (exact) mass is 323 g/mol. The first-order chi connectivity index (χ1) is 10.3. The Morgan fingerprint density at radius 3 is 2.45 bits per heavy atom. The van der Waals surface area contributed by atoms with Crippen LogP contribution in [0, 0.1) is 13.8 Å². The molecule has 0 aromatic heterocycles. The molecule has 1 fully saturated rings. The van der Waals surface area contributed by atoms with Gasteiger partial charge in [-0.05, 0) is 50.9 Å². The van der Waals surface area contributed by atoms with Gasteiger partial charge in [0.05, 0.1) is 23.8 Å². The fourth-order valence-electron chi connectivity index (χ4n) is 2.30. The van der Waals surface area contributed by atoms with E-state index in [0.717, 1.165) is 24.0 Å². The molecule has 2 amide bonds. The first-order valence-electron chi connectivity index (χ1n) is 7.39. The van der Waals surface area contributed by atoms with E-state index in [2.05, 4.69) is 10.6 Å². The second-order valence-corrected chi connectivity index (χ2v) is 6.41. The number of likely N-dealkylation sites (N-methyl/N-ethyl adjacent to an activating group) is 1. The van der Waals surface area contributed by atoms with Crippen LogP contribution in [0.5, 0.6) is 0 Å². The van der Waals surface area contributed by atoms with Crippen molar-refractivity contribution in [3.8, 4) is 0 Å². The van der Waals surface area contributed by atoms with Crippen molar-refractivity contribution in [2.45, 2.75) is 32.7 Å². The molecule has 1 saturated carbocycles. The highest BCUT2D eigenvalue weighted by atomic mass is 35.5. The van der Waals surface area contributed by atoms with Gasteiger partial charge in [0.2, 0.25) is 11.8 Å². The largest absolute Gasteiger partial charge is 0.352 e. The van der Waals surface area contributed by atoms with E-state index < -0.39 is 0 Å². The minimum atomic E-state index is -0.185. The molecule has 1 aromatic rings. The number of nitrogens with one attached hydrogen (secondary N) is 2. The number of hydrogen-bond acceptors (Lipinski definition) is 3. The van der Waals surface area contributed by atoms with Crippen LogP contribution in [0.15, 0.2) is 12.1 Å². The quantitative estimate of drug-likeness (QED) is 0.843. The minimum Gasteiger partial charge on any atom is -0.352 e. The van der Waals surface area contributed by atoms with Gasteiger partial charge in [-0.2, -0.15) is 0 Å². The molecule has 120 valence electrons. The summed E-state index contributed by atoms with van der Waals surface area (Å²) in [6, 6.07) is 4.12. The van der Waals surface area contributed by atoms with Crippen molar-refractivity contribution in [2.75, 3.05) is 25.5 Å². The van der Waals surface area contributed by atoms with E-state index in [9.17, 15) is 9.59 Å². The Kier molecular flexibility index (Phi) is 5.42. The minimum absolute atomic E-state index is 0.0395. The molecule has 0 aliphatic heterocycles. The Balaban J connectivity index is 1.85. The Bertz CT molecular complexity index is 562. The Morgan fingerprint density at radius 1 is 1.23 bits per heavy atom. The maximum Gasteiger partial charge on any atom is 0.238 e. The zero-order chi connectivity index (χ0) is 16.3. The smallest absolute Gasteiger partial charge is 0.238 e. The van der Waals surface area contributed by atoms with Gasteiger partial charge in [-0.25, -0.2) is 0 Å². The van der Waals surface area contributed by atoms with Crippen LogP contribution in [0.4, 0.5) is 5.69 Å². The van der Waals surface area contributed by atoms with Gasteiger partial charge in [0.1, 0.15) is 0 Å². The molecule has 1 aliphatic carbocycles. The third-order valence-electron chi connectivity index (χ3n) is 3.47. The van der Waals surface area contributed by atoms with Gasteiger partial charge in [-0.15, -0.1) is 0 Å². The van der Waals surface area contributed by atoms with Crippen LogP contribution in [0.2, 0.25) is 5.02 Å². The zero-order valence-electron chi connectivity index (χ0n) is 13.2. The third kappa shape index (κ3) is 5.00. The summed E-state index contributed by atoms with van der Waals surface area (Å²) >= 11 is 6.17. The lowest BCUT2D eigenvalue weighted by atomic mass is 10.1. The van der Waals surface area contributed by atoms with Crippen LogP contribution in [-0.4, -0.2) is 42.9 Å². The van der Waals surface area contributed by atoms with Gasteiger partial charge in [0.25, 0.3) is 0 Å². The molecule has 1 aromatic carbocycles. The van der Waals surface area contributed by atoms with E-state index in [-0.39, 0.29) is 24.9 Å². The van der Waals surface area contributed by atoms with Gasteiger partial charge in [-0.1, -0.05) is 17.7 Å². The van der Waals surface area contributed by atoms with Crippen molar-refractivity contribution in [3.05, 3.63) is 28.3 Å². The molecule has 2 N–H and O–H groups in total. The second-order valence-electron chi connectivity index (χ2n) is 6.00. The lowest BCUT2D eigenvalue weighted by Gasteiger charge is -2.17. The molecule has 1 aliphatic rings. The number of nitrogens with zero attached hydrogens (tertiary/aromatic N) is 1. The van der Waals surface area contributed by atoms with E-state index in [0.29, 0.717) is 16.8 Å². The average molecular weight is 324 g/mol. The lowest BCUT2D eigenvalue weighted by Crippen LogP contribution is -2.39. The van der Waals surface area contributed by atoms with E-state index in [1.807, 2.05) is 26.0 Å². The van der Waals surface area contributed by atoms with Gasteiger partial charge < -0.3 is 10.6 Å². The van der Waals surface area contributed by atoms with Crippen LogP contribution in [0.1, 0.15) is 24.0 Å². The molecule has 0 spiro atoms. The summed E-state index contributed by atoms with van der Waals surface area (Å²) in [5.74, 6) is -0.224. The van der Waals surface area contributed by atoms with Gasteiger partial charge >= 0.3 is 0 Å². The van der Waals surface area contributed by atoms with E-state index in [1.165, 1.54) is 0 Å². The van der Waals surface area contributed by atoms with Crippen molar-refractivity contribution in [3.63, 3.8) is 0 Å². The number of amides is 2. The molecule has 0 radical (unpaired) electrons. The predicted octanol–water partition coefficient (Wildman–Crippen LogP) is 2.11. The highest BCUT2D eigenvalue weighted by molar-refractivity contribution is 6.34. The highest BCUT2D eigenvalue weighted by Crippen LogP contribution is 2.27. The van der Waals surface area contributed by atoms with Crippen LogP contribution in [0.3, 0.4) is 0 Å². The highest BCUT2D eigenvalue weighted by Gasteiger charge is 2.23. The van der Waals surface area contributed by atoms with Crippen molar-refractivity contribution in [1.29, 1.82) is 0 Å². The first kappa shape index (κ1) is 16.8. The van der Waals surface area contributed by atoms with E-state index in [1.54, 1.807) is 11.9 Å². The fourth-order valence-corrected chi connectivity index (χ4v) is 2.67. The normalized spacial score (nSPS) is 14.0. The number of halogens is 1. The summed E-state index contributed by atoms with van der Waals surface area (Å²) < 4.78 is 0. The average Bonchev–Trinajstić information content (AvgIpc) is 3.17. The molecule has 2 rings (SSSR count). The van der Waals surface area contributed by atoms with Crippen LogP contribution in [-0.2, 0) is 9.59 Å². The maximum atomic E-state index is 12.1. The standard InChI is InChI=1S/C16H22ClN3O2/c1-10-6-11(2)16(13(17)7-10)19-15(22)9-20(3)8-14(21)18-12-4-5-12/h6-7,12H,4-5,8-9H2,1-3H3,(H,18,21)(H,19,22). The molecular formula is C16H22ClN3O2. The van der Waals surface area contributed by atoms with Crippen molar-refractivity contribution in [1.82, 2.24) is 10.2 Å². The zero-order valence-corrected chi connectivity index (χ0v) is 14.0. The molecule has 0 unspecified atom stereocenters. The van der Waals surface area contributed by atoms with Crippen molar-refractivity contribution in [2.24, 2.45) is 0 Å². The topological polar surface area (TPSA) is 61.4 Å². The number of carbonyl (C=O) groups is 2. The number of anilines is 1. The molecule has 0 saturated heterocycles. The molecule has 6 heteroatoms. The Hall–Kier alpha value is -1.59. The number of aryl methyl sites for hydroxylation is 2. The third-order valence-corrected chi connectivity index (χ3v) is 3.76.